The van der Waals surface area contributed by atoms with Gasteiger partial charge in [-0.1, -0.05) is 31.9 Å². The van der Waals surface area contributed by atoms with Gasteiger partial charge in [0.15, 0.2) is 0 Å². The van der Waals surface area contributed by atoms with Crippen molar-refractivity contribution in [2.45, 2.75) is 53.1 Å². The molecule has 24 heavy (non-hydrogen) atoms. The van der Waals surface area contributed by atoms with Crippen LogP contribution in [0.4, 0.5) is 0 Å². The molecule has 2 fully saturated rings. The lowest BCUT2D eigenvalue weighted by Crippen LogP contribution is -2.58. The number of hydrogen-bond donors (Lipinski definition) is 0. The standard InChI is InChI=1S/C20H33NO3/c1-14-10-15(2)20(12-23-17(4)22)13-24-18(19(14)16(20)3)11-21-8-6-5-7-9-21/h10,15-16,18-19H,5-9,11-13H2,1-4H3/t15-,16-,18-,19-,20+/m0/s1. The summed E-state index contributed by atoms with van der Waals surface area (Å²) in [5.74, 6) is 1.09. The molecule has 4 nitrogen and oxygen atoms in total. The monoisotopic (exact) mass is 335 g/mol. The Labute approximate surface area is 146 Å². The summed E-state index contributed by atoms with van der Waals surface area (Å²) >= 11 is 0. The highest BCUT2D eigenvalue weighted by Crippen LogP contribution is 2.52. The van der Waals surface area contributed by atoms with Gasteiger partial charge in [0, 0.05) is 24.8 Å². The van der Waals surface area contributed by atoms with Crippen LogP contribution in [-0.2, 0) is 14.3 Å². The second-order valence-corrected chi connectivity index (χ2v) is 8.24. The molecule has 0 N–H and O–H groups in total. The third kappa shape index (κ3) is 3.28. The van der Waals surface area contributed by atoms with E-state index in [2.05, 4.69) is 31.7 Å². The lowest BCUT2D eigenvalue weighted by molar-refractivity contribution is -0.182. The molecule has 0 amide bonds. The number of rotatable bonds is 4. The molecule has 5 atom stereocenters. The smallest absolute Gasteiger partial charge is 0.302 e. The van der Waals surface area contributed by atoms with Crippen molar-refractivity contribution in [3.05, 3.63) is 11.6 Å². The number of fused-ring (bicyclic) bond motifs is 2. The molecule has 3 rings (SSSR count). The van der Waals surface area contributed by atoms with E-state index in [1.54, 1.807) is 0 Å². The molecule has 0 unspecified atom stereocenters. The largest absolute Gasteiger partial charge is 0.465 e. The van der Waals surface area contributed by atoms with Gasteiger partial charge in [0.2, 0.25) is 0 Å². The summed E-state index contributed by atoms with van der Waals surface area (Å²) in [4.78, 5) is 13.9. The SMILES string of the molecule is CC(=O)OC[C@@]12CO[C@@H](CN3CCCCC3)[C@@H](C(C)=C[C@@H]1C)[C@@H]2C. The summed E-state index contributed by atoms with van der Waals surface area (Å²) in [6, 6.07) is 0. The molecule has 0 spiro atoms. The highest BCUT2D eigenvalue weighted by molar-refractivity contribution is 5.65. The Balaban J connectivity index is 1.77. The molecule has 3 aliphatic rings. The first-order valence-electron chi connectivity index (χ1n) is 9.59. The summed E-state index contributed by atoms with van der Waals surface area (Å²) in [6.07, 6.45) is 6.67. The Hall–Kier alpha value is -0.870. The number of likely N-dealkylation sites (tertiary alicyclic amines) is 1. The molecule has 0 aromatic carbocycles. The Morgan fingerprint density at radius 3 is 2.71 bits per heavy atom. The van der Waals surface area contributed by atoms with Crippen LogP contribution in [0.3, 0.4) is 0 Å². The molecule has 0 radical (unpaired) electrons. The van der Waals surface area contributed by atoms with Gasteiger partial charge in [0.05, 0.1) is 19.3 Å². The predicted octanol–water partition coefficient (Wildman–Crippen LogP) is 3.27. The van der Waals surface area contributed by atoms with Crippen LogP contribution < -0.4 is 0 Å². The van der Waals surface area contributed by atoms with Crippen LogP contribution in [0.1, 0.15) is 47.0 Å². The Morgan fingerprint density at radius 2 is 2.04 bits per heavy atom. The van der Waals surface area contributed by atoms with E-state index < -0.39 is 0 Å². The van der Waals surface area contributed by atoms with E-state index in [4.69, 9.17) is 9.47 Å². The second kappa shape index (κ2) is 7.17. The van der Waals surface area contributed by atoms with Crippen molar-refractivity contribution in [1.29, 1.82) is 0 Å². The highest BCUT2D eigenvalue weighted by atomic mass is 16.5. The van der Waals surface area contributed by atoms with E-state index in [-0.39, 0.29) is 17.5 Å². The minimum atomic E-state index is -0.193. The first kappa shape index (κ1) is 17.9. The van der Waals surface area contributed by atoms with Crippen molar-refractivity contribution in [2.24, 2.45) is 23.2 Å². The third-order valence-corrected chi connectivity index (χ3v) is 6.79. The predicted molar refractivity (Wildman–Crippen MR) is 94.7 cm³/mol. The quantitative estimate of drug-likeness (QED) is 0.584. The maximum Gasteiger partial charge on any atom is 0.302 e. The van der Waals surface area contributed by atoms with Crippen molar-refractivity contribution < 1.29 is 14.3 Å². The molecule has 4 heteroatoms. The van der Waals surface area contributed by atoms with Crippen LogP contribution in [0.2, 0.25) is 0 Å². The van der Waals surface area contributed by atoms with Crippen molar-refractivity contribution in [1.82, 2.24) is 4.90 Å². The number of ether oxygens (including phenoxy) is 2. The Morgan fingerprint density at radius 1 is 1.33 bits per heavy atom. The van der Waals surface area contributed by atoms with Crippen LogP contribution in [0.25, 0.3) is 0 Å². The molecule has 0 aromatic heterocycles. The molecule has 2 heterocycles. The van der Waals surface area contributed by atoms with Crippen molar-refractivity contribution in [3.8, 4) is 0 Å². The molecule has 1 aliphatic carbocycles. The summed E-state index contributed by atoms with van der Waals surface area (Å²) in [5.41, 5.74) is 1.38. The van der Waals surface area contributed by atoms with Gasteiger partial charge >= 0.3 is 5.97 Å². The van der Waals surface area contributed by atoms with Crippen LogP contribution in [0.5, 0.6) is 0 Å². The number of hydrogen-bond acceptors (Lipinski definition) is 4. The minimum absolute atomic E-state index is 0.0752. The number of piperidine rings is 1. The normalized spacial score (nSPS) is 40.1. The molecule has 0 aromatic rings. The first-order valence-corrected chi connectivity index (χ1v) is 9.59. The average Bonchev–Trinajstić information content (AvgIpc) is 2.54. The van der Waals surface area contributed by atoms with Crippen LogP contribution in [-0.4, -0.2) is 49.8 Å². The first-order chi connectivity index (χ1) is 11.4. The van der Waals surface area contributed by atoms with E-state index in [0.29, 0.717) is 31.0 Å². The molecule has 2 saturated heterocycles. The van der Waals surface area contributed by atoms with Crippen molar-refractivity contribution in [3.63, 3.8) is 0 Å². The minimum Gasteiger partial charge on any atom is -0.465 e. The van der Waals surface area contributed by atoms with Crippen molar-refractivity contribution >= 4 is 5.97 Å². The van der Waals surface area contributed by atoms with E-state index in [1.165, 1.54) is 44.8 Å². The lowest BCUT2D eigenvalue weighted by Gasteiger charge is -2.55. The topological polar surface area (TPSA) is 38.8 Å². The molecular formula is C20H33NO3. The molecule has 0 saturated carbocycles. The van der Waals surface area contributed by atoms with Gasteiger partial charge in [-0.2, -0.15) is 0 Å². The Bertz CT molecular complexity index is 497. The number of carbonyl (C=O) groups excluding carboxylic acids is 1. The summed E-state index contributed by atoms with van der Waals surface area (Å²) < 4.78 is 11.9. The number of allylic oxidation sites excluding steroid dienone is 1. The number of esters is 1. The fourth-order valence-electron chi connectivity index (χ4n) is 5.19. The van der Waals surface area contributed by atoms with E-state index in [0.717, 1.165) is 6.54 Å². The maximum atomic E-state index is 11.4. The fourth-order valence-corrected chi connectivity index (χ4v) is 5.19. The zero-order chi connectivity index (χ0) is 17.3. The average molecular weight is 335 g/mol. The van der Waals surface area contributed by atoms with Gasteiger partial charge in [-0.3, -0.25) is 4.79 Å². The van der Waals surface area contributed by atoms with Crippen molar-refractivity contribution in [2.75, 3.05) is 32.8 Å². The van der Waals surface area contributed by atoms with Gasteiger partial charge < -0.3 is 14.4 Å². The summed E-state index contributed by atoms with van der Waals surface area (Å²) in [7, 11) is 0. The third-order valence-electron chi connectivity index (χ3n) is 6.79. The molecule has 2 bridgehead atoms. The second-order valence-electron chi connectivity index (χ2n) is 8.24. The zero-order valence-corrected chi connectivity index (χ0v) is 15.7. The van der Waals surface area contributed by atoms with E-state index >= 15 is 0 Å². The fraction of sp³-hybridized carbons (Fsp3) is 0.850. The highest BCUT2D eigenvalue weighted by Gasteiger charge is 2.54. The molecular weight excluding hydrogens is 302 g/mol. The number of carbonyl (C=O) groups is 1. The molecule has 136 valence electrons. The van der Waals surface area contributed by atoms with Crippen LogP contribution in [0.15, 0.2) is 11.6 Å². The van der Waals surface area contributed by atoms with E-state index in [1.807, 2.05) is 0 Å². The van der Waals surface area contributed by atoms with Gasteiger partial charge in [-0.05, 0) is 44.7 Å². The maximum absolute atomic E-state index is 11.4. The zero-order valence-electron chi connectivity index (χ0n) is 15.7. The van der Waals surface area contributed by atoms with Gasteiger partial charge in [-0.15, -0.1) is 0 Å². The van der Waals surface area contributed by atoms with E-state index in [9.17, 15) is 4.79 Å². The molecule has 2 aliphatic heterocycles. The van der Waals surface area contributed by atoms with Crippen LogP contribution in [0, 0.1) is 23.2 Å². The van der Waals surface area contributed by atoms with Gasteiger partial charge in [0.1, 0.15) is 0 Å². The van der Waals surface area contributed by atoms with Gasteiger partial charge in [-0.25, -0.2) is 0 Å². The Kier molecular flexibility index (Phi) is 5.36. The lowest BCUT2D eigenvalue weighted by atomic mass is 9.56. The summed E-state index contributed by atoms with van der Waals surface area (Å²) in [6.45, 7) is 13.0. The van der Waals surface area contributed by atoms with Crippen LogP contribution >= 0.6 is 0 Å². The summed E-state index contributed by atoms with van der Waals surface area (Å²) in [5, 5.41) is 0. The number of nitrogens with zero attached hydrogens (tertiary/aromatic N) is 1. The van der Waals surface area contributed by atoms with Gasteiger partial charge in [0.25, 0.3) is 0 Å².